The Hall–Kier alpha value is -0.0800. The van der Waals surface area contributed by atoms with Gasteiger partial charge >= 0.3 is 0 Å². The topological polar surface area (TPSA) is 58.2 Å². The Morgan fingerprint density at radius 1 is 1.53 bits per heavy atom. The molecule has 1 aromatic rings. The average Bonchev–Trinajstić information content (AvgIpc) is 2.67. The van der Waals surface area contributed by atoms with Gasteiger partial charge in [0.05, 0.1) is 0 Å². The van der Waals surface area contributed by atoms with Gasteiger partial charge < -0.3 is 5.32 Å². The van der Waals surface area contributed by atoms with Crippen molar-refractivity contribution in [2.75, 3.05) is 19.1 Å². The van der Waals surface area contributed by atoms with Gasteiger partial charge in [-0.05, 0) is 37.2 Å². The van der Waals surface area contributed by atoms with Crippen LogP contribution < -0.4 is 10.0 Å². The Kier molecular flexibility index (Phi) is 5.94. The lowest BCUT2D eigenvalue weighted by Crippen LogP contribution is -2.33. The summed E-state index contributed by atoms with van der Waals surface area (Å²) in [6, 6.07) is 1.67. The molecule has 1 rings (SSSR count). The Labute approximate surface area is 111 Å². The Balaban J connectivity index is 2.75. The summed E-state index contributed by atoms with van der Waals surface area (Å²) in [7, 11) is -1.51. The summed E-state index contributed by atoms with van der Waals surface area (Å²) in [4.78, 5) is 0. The molecule has 0 saturated heterocycles. The molecular weight excluding hydrogens is 276 g/mol. The molecule has 7 heteroatoms. The molecular formula is C10H18N2O2S3. The van der Waals surface area contributed by atoms with Crippen LogP contribution in [0.4, 0.5) is 0 Å². The maximum Gasteiger partial charge on any atom is 0.250 e. The van der Waals surface area contributed by atoms with E-state index in [0.29, 0.717) is 10.8 Å². The predicted octanol–water partition coefficient (Wildman–Crippen LogP) is 1.50. The second-order valence-corrected chi connectivity index (χ2v) is 7.54. The predicted molar refractivity (Wildman–Crippen MR) is 75.2 cm³/mol. The highest BCUT2D eigenvalue weighted by atomic mass is 32.2. The Morgan fingerprint density at radius 3 is 2.82 bits per heavy atom. The highest BCUT2D eigenvalue weighted by Gasteiger charge is 2.19. The first-order valence-corrected chi connectivity index (χ1v) is 8.98. The molecule has 98 valence electrons. The molecule has 1 heterocycles. The fraction of sp³-hybridized carbons (Fsp3) is 0.600. The summed E-state index contributed by atoms with van der Waals surface area (Å²) in [5.41, 5.74) is 0.996. The number of hydrogen-bond acceptors (Lipinski definition) is 5. The summed E-state index contributed by atoms with van der Waals surface area (Å²) in [5.74, 6) is 0.772. The normalized spacial score (nSPS) is 13.8. The molecule has 0 aliphatic carbocycles. The largest absolute Gasteiger partial charge is 0.316 e. The number of hydrogen-bond donors (Lipinski definition) is 2. The number of thioether (sulfide) groups is 1. The molecule has 4 nitrogen and oxygen atoms in total. The van der Waals surface area contributed by atoms with Crippen molar-refractivity contribution in [1.29, 1.82) is 0 Å². The minimum absolute atomic E-state index is 0.0511. The van der Waals surface area contributed by atoms with Crippen molar-refractivity contribution < 1.29 is 8.42 Å². The van der Waals surface area contributed by atoms with E-state index in [2.05, 4.69) is 10.0 Å². The highest BCUT2D eigenvalue weighted by Crippen LogP contribution is 2.20. The Bertz CT molecular complexity index is 442. The molecule has 0 saturated carbocycles. The monoisotopic (exact) mass is 294 g/mol. The van der Waals surface area contributed by atoms with E-state index in [1.165, 1.54) is 11.3 Å². The van der Waals surface area contributed by atoms with E-state index in [1.54, 1.807) is 17.8 Å². The maximum atomic E-state index is 12.0. The number of nitrogens with one attached hydrogen (secondary N) is 2. The van der Waals surface area contributed by atoms with Gasteiger partial charge in [0.15, 0.2) is 0 Å². The highest BCUT2D eigenvalue weighted by molar-refractivity contribution is 7.98. The van der Waals surface area contributed by atoms with E-state index in [4.69, 9.17) is 0 Å². The fourth-order valence-electron chi connectivity index (χ4n) is 1.40. The van der Waals surface area contributed by atoms with Crippen molar-refractivity contribution in [2.45, 2.75) is 23.7 Å². The maximum absolute atomic E-state index is 12.0. The SMILES string of the molecule is CNCc1csc(S(=O)(=O)NC(C)CSC)c1. The molecule has 1 atom stereocenters. The Morgan fingerprint density at radius 2 is 2.24 bits per heavy atom. The van der Waals surface area contributed by atoms with E-state index in [9.17, 15) is 8.42 Å². The van der Waals surface area contributed by atoms with Crippen LogP contribution in [0.1, 0.15) is 12.5 Å². The second kappa shape index (κ2) is 6.75. The molecule has 2 N–H and O–H groups in total. The van der Waals surface area contributed by atoms with Crippen LogP contribution in [0.2, 0.25) is 0 Å². The number of sulfonamides is 1. The van der Waals surface area contributed by atoms with Crippen molar-refractivity contribution in [2.24, 2.45) is 0 Å². The molecule has 1 unspecified atom stereocenters. The molecule has 1 aromatic heterocycles. The minimum Gasteiger partial charge on any atom is -0.316 e. The molecule has 0 spiro atoms. The molecule has 0 amide bonds. The van der Waals surface area contributed by atoms with Gasteiger partial charge in [0.2, 0.25) is 10.0 Å². The average molecular weight is 294 g/mol. The van der Waals surface area contributed by atoms with Gasteiger partial charge in [0.25, 0.3) is 0 Å². The molecule has 0 aliphatic heterocycles. The smallest absolute Gasteiger partial charge is 0.250 e. The fourth-order valence-corrected chi connectivity index (χ4v) is 4.56. The third-order valence-electron chi connectivity index (χ3n) is 2.05. The van der Waals surface area contributed by atoms with Crippen molar-refractivity contribution in [3.05, 3.63) is 17.0 Å². The second-order valence-electron chi connectivity index (χ2n) is 3.78. The summed E-state index contributed by atoms with van der Waals surface area (Å²) < 4.78 is 27.1. The van der Waals surface area contributed by atoms with E-state index in [0.717, 1.165) is 11.3 Å². The summed E-state index contributed by atoms with van der Waals surface area (Å²) in [6.07, 6.45) is 1.96. The van der Waals surface area contributed by atoms with Crippen LogP contribution in [0.3, 0.4) is 0 Å². The van der Waals surface area contributed by atoms with Gasteiger partial charge in [-0.2, -0.15) is 11.8 Å². The number of thiophene rings is 1. The summed E-state index contributed by atoms with van der Waals surface area (Å²) >= 11 is 2.88. The van der Waals surface area contributed by atoms with Crippen molar-refractivity contribution >= 4 is 33.1 Å². The molecule has 0 aliphatic rings. The zero-order chi connectivity index (χ0) is 12.9. The van der Waals surface area contributed by atoms with E-state index in [1.807, 2.05) is 25.6 Å². The molecule has 17 heavy (non-hydrogen) atoms. The van der Waals surface area contributed by atoms with Gasteiger partial charge in [0, 0.05) is 18.3 Å². The van der Waals surface area contributed by atoms with Crippen LogP contribution in [-0.2, 0) is 16.6 Å². The molecule has 0 fully saturated rings. The van der Waals surface area contributed by atoms with Gasteiger partial charge in [-0.15, -0.1) is 11.3 Å². The minimum atomic E-state index is -3.35. The third-order valence-corrected chi connectivity index (χ3v) is 5.96. The standard InChI is InChI=1S/C10H18N2O2S3/c1-8(6-15-3)12-17(13,14)10-4-9(5-11-2)7-16-10/h4,7-8,11-12H,5-6H2,1-3H3. The van der Waals surface area contributed by atoms with E-state index in [-0.39, 0.29) is 6.04 Å². The van der Waals surface area contributed by atoms with Crippen molar-refractivity contribution in [3.63, 3.8) is 0 Å². The first kappa shape index (κ1) is 15.0. The molecule has 0 bridgehead atoms. The zero-order valence-corrected chi connectivity index (χ0v) is 12.6. The van der Waals surface area contributed by atoms with E-state index >= 15 is 0 Å². The van der Waals surface area contributed by atoms with Crippen LogP contribution in [0.15, 0.2) is 15.7 Å². The number of rotatable bonds is 7. The van der Waals surface area contributed by atoms with Crippen LogP contribution in [0, 0.1) is 0 Å². The van der Waals surface area contributed by atoms with Crippen LogP contribution >= 0.6 is 23.1 Å². The van der Waals surface area contributed by atoms with Crippen molar-refractivity contribution in [3.8, 4) is 0 Å². The lowest BCUT2D eigenvalue weighted by Gasteiger charge is -2.11. The first-order chi connectivity index (χ1) is 7.99. The van der Waals surface area contributed by atoms with Crippen LogP contribution in [0.5, 0.6) is 0 Å². The van der Waals surface area contributed by atoms with Crippen molar-refractivity contribution in [1.82, 2.24) is 10.0 Å². The first-order valence-electron chi connectivity index (χ1n) is 5.23. The van der Waals surface area contributed by atoms with E-state index < -0.39 is 10.0 Å². The summed E-state index contributed by atoms with van der Waals surface area (Å²) in [6.45, 7) is 2.56. The van der Waals surface area contributed by atoms with Crippen LogP contribution in [0.25, 0.3) is 0 Å². The lowest BCUT2D eigenvalue weighted by atomic mass is 10.3. The summed E-state index contributed by atoms with van der Waals surface area (Å²) in [5, 5.41) is 4.86. The third kappa shape index (κ3) is 4.59. The van der Waals surface area contributed by atoms with Crippen LogP contribution in [-0.4, -0.2) is 33.5 Å². The van der Waals surface area contributed by atoms with Gasteiger partial charge in [-0.25, -0.2) is 13.1 Å². The van der Waals surface area contributed by atoms with Gasteiger partial charge in [0.1, 0.15) is 4.21 Å². The van der Waals surface area contributed by atoms with Gasteiger partial charge in [-0.3, -0.25) is 0 Å². The zero-order valence-electron chi connectivity index (χ0n) is 10.2. The molecule has 0 aromatic carbocycles. The quantitative estimate of drug-likeness (QED) is 0.800. The lowest BCUT2D eigenvalue weighted by molar-refractivity contribution is 0.573. The van der Waals surface area contributed by atoms with Gasteiger partial charge in [-0.1, -0.05) is 0 Å². The molecule has 0 radical (unpaired) electrons.